The summed E-state index contributed by atoms with van der Waals surface area (Å²) < 4.78 is 0. The van der Waals surface area contributed by atoms with Gasteiger partial charge in [-0.15, -0.1) is 0 Å². The van der Waals surface area contributed by atoms with Crippen LogP contribution >= 0.6 is 11.6 Å². The first-order valence-electron chi connectivity index (χ1n) is 9.52. The molecule has 2 heterocycles. The largest absolute Gasteiger partial charge is 0.367 e. The molecular formula is C21H23ClN4O2. The van der Waals surface area contributed by atoms with Gasteiger partial charge in [0.15, 0.2) is 0 Å². The molecule has 0 radical (unpaired) electrons. The maximum Gasteiger partial charge on any atom is 0.317 e. The van der Waals surface area contributed by atoms with Crippen molar-refractivity contribution in [2.45, 2.75) is 12.5 Å². The van der Waals surface area contributed by atoms with Crippen molar-refractivity contribution < 1.29 is 9.59 Å². The molecule has 2 aliphatic rings. The summed E-state index contributed by atoms with van der Waals surface area (Å²) in [5.74, 6) is 0.0417. The monoisotopic (exact) mass is 398 g/mol. The molecule has 0 aromatic heterocycles. The molecule has 1 atom stereocenters. The van der Waals surface area contributed by atoms with Gasteiger partial charge in [-0.05, 0) is 24.3 Å². The SMILES string of the molecule is O=C(NC1CC(=O)N(c2ccccc2)C1)N1CCN(c2ccccc2Cl)CC1. The minimum Gasteiger partial charge on any atom is -0.367 e. The van der Waals surface area contributed by atoms with Crippen LogP contribution in [0.15, 0.2) is 54.6 Å². The second-order valence-electron chi connectivity index (χ2n) is 7.12. The first-order valence-corrected chi connectivity index (χ1v) is 9.90. The lowest BCUT2D eigenvalue weighted by atomic mass is 10.2. The summed E-state index contributed by atoms with van der Waals surface area (Å²) in [7, 11) is 0. The molecule has 2 saturated heterocycles. The van der Waals surface area contributed by atoms with E-state index in [4.69, 9.17) is 11.6 Å². The maximum absolute atomic E-state index is 12.7. The van der Waals surface area contributed by atoms with Crippen LogP contribution in [0.2, 0.25) is 5.02 Å². The number of amides is 3. The summed E-state index contributed by atoms with van der Waals surface area (Å²) in [5, 5.41) is 3.75. The number of hydrogen-bond donors (Lipinski definition) is 1. The van der Waals surface area contributed by atoms with Crippen molar-refractivity contribution in [3.05, 3.63) is 59.6 Å². The normalized spacial score (nSPS) is 19.8. The lowest BCUT2D eigenvalue weighted by Gasteiger charge is -2.36. The van der Waals surface area contributed by atoms with Gasteiger partial charge in [0.05, 0.1) is 16.8 Å². The molecule has 7 heteroatoms. The number of carbonyl (C=O) groups is 2. The highest BCUT2D eigenvalue weighted by Crippen LogP contribution is 2.26. The molecule has 1 N–H and O–H groups in total. The topological polar surface area (TPSA) is 55.9 Å². The van der Waals surface area contributed by atoms with E-state index in [9.17, 15) is 9.59 Å². The number of rotatable bonds is 3. The number of para-hydroxylation sites is 2. The number of nitrogens with zero attached hydrogens (tertiary/aromatic N) is 3. The fourth-order valence-electron chi connectivity index (χ4n) is 3.79. The highest BCUT2D eigenvalue weighted by atomic mass is 35.5. The molecule has 1 unspecified atom stereocenters. The van der Waals surface area contributed by atoms with Crippen molar-refractivity contribution >= 4 is 34.9 Å². The molecule has 0 aliphatic carbocycles. The quantitative estimate of drug-likeness (QED) is 0.864. The van der Waals surface area contributed by atoms with E-state index in [1.54, 1.807) is 4.90 Å². The summed E-state index contributed by atoms with van der Waals surface area (Å²) in [5.41, 5.74) is 1.88. The maximum atomic E-state index is 12.7. The molecule has 146 valence electrons. The molecule has 0 saturated carbocycles. The second-order valence-corrected chi connectivity index (χ2v) is 7.52. The number of halogens is 1. The summed E-state index contributed by atoms with van der Waals surface area (Å²) in [6.07, 6.45) is 0.334. The zero-order valence-electron chi connectivity index (χ0n) is 15.6. The fraction of sp³-hybridized carbons (Fsp3) is 0.333. The molecular weight excluding hydrogens is 376 g/mol. The number of anilines is 2. The van der Waals surface area contributed by atoms with Crippen LogP contribution in [0.5, 0.6) is 0 Å². The average Bonchev–Trinajstić information content (AvgIpc) is 3.09. The fourth-order valence-corrected chi connectivity index (χ4v) is 4.04. The Morgan fingerprint density at radius 3 is 2.36 bits per heavy atom. The third-order valence-corrected chi connectivity index (χ3v) is 5.60. The number of hydrogen-bond acceptors (Lipinski definition) is 3. The molecule has 2 aliphatic heterocycles. The zero-order valence-corrected chi connectivity index (χ0v) is 16.3. The summed E-state index contributed by atoms with van der Waals surface area (Å²) in [4.78, 5) is 30.7. The van der Waals surface area contributed by atoms with E-state index in [0.717, 1.165) is 29.5 Å². The minimum absolute atomic E-state index is 0.0417. The molecule has 0 spiro atoms. The van der Waals surface area contributed by atoms with Gasteiger partial charge in [0, 0.05) is 44.8 Å². The predicted octanol–water partition coefficient (Wildman–Crippen LogP) is 2.98. The second kappa shape index (κ2) is 8.10. The number of nitrogens with one attached hydrogen (secondary N) is 1. The number of carbonyl (C=O) groups excluding carboxylic acids is 2. The van der Waals surface area contributed by atoms with Crippen LogP contribution in [0.25, 0.3) is 0 Å². The molecule has 0 bridgehead atoms. The number of urea groups is 1. The Morgan fingerprint density at radius 1 is 0.964 bits per heavy atom. The van der Waals surface area contributed by atoms with Crippen molar-refractivity contribution in [1.82, 2.24) is 10.2 Å². The van der Waals surface area contributed by atoms with Gasteiger partial charge in [-0.25, -0.2) is 4.79 Å². The standard InChI is InChI=1S/C21H23ClN4O2/c22-18-8-4-5-9-19(18)24-10-12-25(13-11-24)21(28)23-16-14-20(27)26(15-16)17-6-2-1-3-7-17/h1-9,16H,10-15H2,(H,23,28). The van der Waals surface area contributed by atoms with Gasteiger partial charge in [0.25, 0.3) is 0 Å². The van der Waals surface area contributed by atoms with Crippen LogP contribution in [-0.2, 0) is 4.79 Å². The van der Waals surface area contributed by atoms with Crippen molar-refractivity contribution in [2.24, 2.45) is 0 Å². The van der Waals surface area contributed by atoms with Gasteiger partial charge in [-0.3, -0.25) is 4.79 Å². The first-order chi connectivity index (χ1) is 13.6. The van der Waals surface area contributed by atoms with Crippen molar-refractivity contribution in [2.75, 3.05) is 42.5 Å². The summed E-state index contributed by atoms with van der Waals surface area (Å²) in [6, 6.07) is 17.1. The molecule has 2 aromatic rings. The van der Waals surface area contributed by atoms with Crippen LogP contribution in [0.1, 0.15) is 6.42 Å². The van der Waals surface area contributed by atoms with E-state index >= 15 is 0 Å². The van der Waals surface area contributed by atoms with Crippen LogP contribution in [0, 0.1) is 0 Å². The smallest absolute Gasteiger partial charge is 0.317 e. The predicted molar refractivity (Wildman–Crippen MR) is 111 cm³/mol. The van der Waals surface area contributed by atoms with Gasteiger partial charge >= 0.3 is 6.03 Å². The third-order valence-electron chi connectivity index (χ3n) is 5.28. The van der Waals surface area contributed by atoms with Crippen LogP contribution in [-0.4, -0.2) is 55.6 Å². The molecule has 3 amide bonds. The first kappa shape index (κ1) is 18.6. The Kier molecular flexibility index (Phi) is 5.39. The Balaban J connectivity index is 1.31. The Hall–Kier alpha value is -2.73. The average molecular weight is 399 g/mol. The molecule has 2 aromatic carbocycles. The minimum atomic E-state index is -0.165. The Bertz CT molecular complexity index is 852. The van der Waals surface area contributed by atoms with Crippen molar-refractivity contribution in [1.29, 1.82) is 0 Å². The van der Waals surface area contributed by atoms with E-state index in [-0.39, 0.29) is 18.0 Å². The molecule has 6 nitrogen and oxygen atoms in total. The lowest BCUT2D eigenvalue weighted by Crippen LogP contribution is -2.54. The van der Waals surface area contributed by atoms with Crippen molar-refractivity contribution in [3.63, 3.8) is 0 Å². The number of piperazine rings is 1. The van der Waals surface area contributed by atoms with Gasteiger partial charge in [-0.1, -0.05) is 41.9 Å². The Morgan fingerprint density at radius 2 is 1.64 bits per heavy atom. The zero-order chi connectivity index (χ0) is 19.5. The lowest BCUT2D eigenvalue weighted by molar-refractivity contribution is -0.117. The van der Waals surface area contributed by atoms with E-state index in [1.165, 1.54) is 0 Å². The summed E-state index contributed by atoms with van der Waals surface area (Å²) in [6.45, 7) is 3.22. The van der Waals surface area contributed by atoms with E-state index < -0.39 is 0 Å². The van der Waals surface area contributed by atoms with Gasteiger partial charge in [0.2, 0.25) is 5.91 Å². The molecule has 28 heavy (non-hydrogen) atoms. The van der Waals surface area contributed by atoms with E-state index in [2.05, 4.69) is 10.2 Å². The third kappa shape index (κ3) is 3.92. The van der Waals surface area contributed by atoms with Gasteiger partial charge in [0.1, 0.15) is 0 Å². The van der Waals surface area contributed by atoms with Crippen LogP contribution < -0.4 is 15.1 Å². The van der Waals surface area contributed by atoms with Gasteiger partial charge < -0.3 is 20.0 Å². The van der Waals surface area contributed by atoms with Crippen LogP contribution in [0.4, 0.5) is 16.2 Å². The Labute approximate surface area is 169 Å². The highest BCUT2D eigenvalue weighted by Gasteiger charge is 2.33. The van der Waals surface area contributed by atoms with Gasteiger partial charge in [-0.2, -0.15) is 0 Å². The molecule has 4 rings (SSSR count). The highest BCUT2D eigenvalue weighted by molar-refractivity contribution is 6.33. The number of benzene rings is 2. The summed E-state index contributed by atoms with van der Waals surface area (Å²) >= 11 is 6.28. The molecule has 2 fully saturated rings. The van der Waals surface area contributed by atoms with Crippen LogP contribution in [0.3, 0.4) is 0 Å². The van der Waals surface area contributed by atoms with E-state index in [0.29, 0.717) is 26.1 Å². The van der Waals surface area contributed by atoms with Crippen molar-refractivity contribution in [3.8, 4) is 0 Å². The van der Waals surface area contributed by atoms with E-state index in [1.807, 2.05) is 59.5 Å².